The van der Waals surface area contributed by atoms with Crippen molar-refractivity contribution < 1.29 is 36.9 Å². The van der Waals surface area contributed by atoms with E-state index in [4.69, 9.17) is 18.6 Å². The van der Waals surface area contributed by atoms with E-state index in [0.29, 0.717) is 17.7 Å². The van der Waals surface area contributed by atoms with Gasteiger partial charge in [-0.05, 0) is 19.4 Å². The Bertz CT molecular complexity index is 1200. The summed E-state index contributed by atoms with van der Waals surface area (Å²) in [5.41, 5.74) is -0.540. The number of hydrogen-bond donors (Lipinski definition) is 2. The summed E-state index contributed by atoms with van der Waals surface area (Å²) in [6.45, 7) is 1.52. The molecule has 0 radical (unpaired) electrons. The van der Waals surface area contributed by atoms with E-state index in [0.717, 1.165) is 0 Å². The lowest BCUT2D eigenvalue weighted by molar-refractivity contribution is -0.121. The smallest absolute Gasteiger partial charge is 0.343 e. The van der Waals surface area contributed by atoms with Gasteiger partial charge in [0.05, 0.1) is 38.4 Å². The highest BCUT2D eigenvalue weighted by Gasteiger charge is 2.33. The molecule has 1 fully saturated rings. The first-order valence-electron chi connectivity index (χ1n) is 10.2. The molecule has 0 spiro atoms. The highest BCUT2D eigenvalue weighted by atomic mass is 32.2. The van der Waals surface area contributed by atoms with Crippen molar-refractivity contribution in [1.82, 2.24) is 5.32 Å². The first kappa shape index (κ1) is 24.4. The van der Waals surface area contributed by atoms with Crippen molar-refractivity contribution in [3.05, 3.63) is 45.5 Å². The fraction of sp³-hybridized carbons (Fsp3) is 0.455. The van der Waals surface area contributed by atoms with Crippen LogP contribution in [0, 0.1) is 6.92 Å². The quantitative estimate of drug-likeness (QED) is 0.574. The molecule has 180 valence electrons. The van der Waals surface area contributed by atoms with Crippen molar-refractivity contribution in [2.24, 2.45) is 0 Å². The van der Waals surface area contributed by atoms with Crippen molar-refractivity contribution in [2.45, 2.75) is 31.7 Å². The number of amides is 1. The molecule has 0 unspecified atom stereocenters. The third-order valence-electron chi connectivity index (χ3n) is 5.54. The number of sulfone groups is 1. The van der Waals surface area contributed by atoms with Crippen LogP contribution in [-0.2, 0) is 14.6 Å². The number of nitrogens with one attached hydrogen (secondary N) is 1. The van der Waals surface area contributed by atoms with Gasteiger partial charge in [0.25, 0.3) is 0 Å². The maximum atomic E-state index is 12.9. The number of carbonyl (C=O) groups is 1. The Hall–Kier alpha value is -3.21. The summed E-state index contributed by atoms with van der Waals surface area (Å²) in [7, 11) is 1.09. The molecule has 2 atom stereocenters. The van der Waals surface area contributed by atoms with Gasteiger partial charge < -0.3 is 29.1 Å². The van der Waals surface area contributed by atoms with Crippen molar-refractivity contribution in [3.8, 4) is 23.0 Å². The number of ether oxygens (including phenoxy) is 3. The minimum Gasteiger partial charge on any atom is -0.507 e. The highest BCUT2D eigenvalue weighted by Crippen LogP contribution is 2.45. The first-order chi connectivity index (χ1) is 15.6. The number of aryl methyl sites for hydroxylation is 1. The topological polar surface area (TPSA) is 141 Å². The van der Waals surface area contributed by atoms with E-state index in [1.165, 1.54) is 34.3 Å². The summed E-state index contributed by atoms with van der Waals surface area (Å²) in [4.78, 5) is 25.6. The van der Waals surface area contributed by atoms with E-state index in [1.54, 1.807) is 12.1 Å². The number of methoxy groups -OCH3 is 3. The molecule has 10 nitrogen and oxygen atoms in total. The minimum absolute atomic E-state index is 0.00716. The van der Waals surface area contributed by atoms with Gasteiger partial charge in [-0.15, -0.1) is 0 Å². The average molecular weight is 482 g/mol. The van der Waals surface area contributed by atoms with Crippen molar-refractivity contribution >= 4 is 15.7 Å². The van der Waals surface area contributed by atoms with Gasteiger partial charge in [-0.3, -0.25) is 4.79 Å². The summed E-state index contributed by atoms with van der Waals surface area (Å²) in [6, 6.07) is 3.98. The second-order valence-electron chi connectivity index (χ2n) is 7.79. The van der Waals surface area contributed by atoms with Crippen LogP contribution in [0.2, 0.25) is 0 Å². The molecule has 33 heavy (non-hydrogen) atoms. The van der Waals surface area contributed by atoms with Gasteiger partial charge in [0, 0.05) is 30.0 Å². The third-order valence-corrected chi connectivity index (χ3v) is 7.30. The van der Waals surface area contributed by atoms with Crippen LogP contribution in [0.3, 0.4) is 0 Å². The maximum Gasteiger partial charge on any atom is 0.343 e. The molecule has 2 heterocycles. The van der Waals surface area contributed by atoms with E-state index < -0.39 is 33.3 Å². The third kappa shape index (κ3) is 5.24. The summed E-state index contributed by atoms with van der Waals surface area (Å²) in [5.74, 6) is -0.876. The van der Waals surface area contributed by atoms with Gasteiger partial charge in [0.1, 0.15) is 11.5 Å². The molecule has 11 heteroatoms. The van der Waals surface area contributed by atoms with Gasteiger partial charge in [0.2, 0.25) is 11.7 Å². The maximum absolute atomic E-state index is 12.9. The highest BCUT2D eigenvalue weighted by molar-refractivity contribution is 7.91. The SMILES string of the molecule is COc1ccc([C@@H](CC(=O)N[C@@H]2CCS(=O)(=O)C2)c2c(O)cc(C)oc2=O)c(OC)c1OC. The fourth-order valence-corrected chi connectivity index (χ4v) is 5.75. The predicted molar refractivity (Wildman–Crippen MR) is 119 cm³/mol. The summed E-state index contributed by atoms with van der Waals surface area (Å²) in [6.07, 6.45) is 0.0418. The molecule has 1 aliphatic heterocycles. The van der Waals surface area contributed by atoms with Crippen molar-refractivity contribution in [1.29, 1.82) is 0 Å². The van der Waals surface area contributed by atoms with Gasteiger partial charge in [0.15, 0.2) is 21.3 Å². The number of aromatic hydroxyl groups is 1. The largest absolute Gasteiger partial charge is 0.507 e. The van der Waals surface area contributed by atoms with Gasteiger partial charge in [-0.2, -0.15) is 0 Å². The molecule has 3 rings (SSSR count). The van der Waals surface area contributed by atoms with E-state index in [2.05, 4.69) is 5.32 Å². The molecule has 0 saturated carbocycles. The number of hydrogen-bond acceptors (Lipinski definition) is 9. The van der Waals surface area contributed by atoms with Gasteiger partial charge in [-0.1, -0.05) is 6.07 Å². The zero-order chi connectivity index (χ0) is 24.3. The van der Waals surface area contributed by atoms with Crippen LogP contribution < -0.4 is 25.2 Å². The summed E-state index contributed by atoms with van der Waals surface area (Å²) in [5, 5.41) is 13.3. The molecule has 2 aromatic rings. The van der Waals surface area contributed by atoms with Crippen molar-refractivity contribution in [3.63, 3.8) is 0 Å². The first-order valence-corrected chi connectivity index (χ1v) is 12.0. The van der Waals surface area contributed by atoms with Crippen LogP contribution >= 0.6 is 0 Å². The number of benzene rings is 1. The normalized spacial score (nSPS) is 17.9. The van der Waals surface area contributed by atoms with E-state index in [-0.39, 0.29) is 46.5 Å². The van der Waals surface area contributed by atoms with E-state index in [9.17, 15) is 23.1 Å². The minimum atomic E-state index is -3.19. The molecule has 0 aliphatic carbocycles. The Morgan fingerprint density at radius 1 is 1.21 bits per heavy atom. The molecule has 1 aliphatic rings. The van der Waals surface area contributed by atoms with Crippen LogP contribution in [0.15, 0.2) is 27.4 Å². The van der Waals surface area contributed by atoms with E-state index >= 15 is 0 Å². The Morgan fingerprint density at radius 3 is 2.45 bits per heavy atom. The molecule has 1 aromatic heterocycles. The van der Waals surface area contributed by atoms with E-state index in [1.807, 2.05) is 0 Å². The molecule has 2 N–H and O–H groups in total. The molecular weight excluding hydrogens is 454 g/mol. The number of rotatable bonds is 8. The van der Waals surface area contributed by atoms with Crippen LogP contribution in [0.4, 0.5) is 0 Å². The molecular formula is C22H27NO9S. The van der Waals surface area contributed by atoms with Gasteiger partial charge >= 0.3 is 5.63 Å². The Morgan fingerprint density at radius 2 is 1.91 bits per heavy atom. The van der Waals surface area contributed by atoms with Crippen LogP contribution in [0.1, 0.15) is 35.6 Å². The lowest BCUT2D eigenvalue weighted by atomic mass is 9.87. The molecule has 1 amide bonds. The monoisotopic (exact) mass is 481 g/mol. The fourth-order valence-electron chi connectivity index (χ4n) is 4.07. The van der Waals surface area contributed by atoms with Crippen LogP contribution in [-0.4, -0.2) is 58.3 Å². The summed E-state index contributed by atoms with van der Waals surface area (Å²) < 4.78 is 44.9. The number of carbonyl (C=O) groups excluding carboxylic acids is 1. The van der Waals surface area contributed by atoms with Crippen LogP contribution in [0.5, 0.6) is 23.0 Å². The zero-order valence-corrected chi connectivity index (χ0v) is 19.7. The lowest BCUT2D eigenvalue weighted by Gasteiger charge is -2.23. The lowest BCUT2D eigenvalue weighted by Crippen LogP contribution is -2.36. The Labute approximate surface area is 191 Å². The second kappa shape index (κ2) is 9.74. The predicted octanol–water partition coefficient (Wildman–Crippen LogP) is 1.50. The van der Waals surface area contributed by atoms with Gasteiger partial charge in [-0.25, -0.2) is 13.2 Å². The summed E-state index contributed by atoms with van der Waals surface area (Å²) >= 11 is 0. The zero-order valence-electron chi connectivity index (χ0n) is 18.8. The molecule has 0 bridgehead atoms. The standard InChI is InChI=1S/C22H27NO9S/c1-12-9-16(24)19(22(26)32-12)15(10-18(25)23-13-7-8-33(27,28)11-13)14-5-6-17(29-2)21(31-4)20(14)30-3/h5-6,9,13,15,24H,7-8,10-11H2,1-4H3,(H,23,25)/t13-,15-/m1/s1. The Kier molecular flexibility index (Phi) is 7.21. The molecule has 1 saturated heterocycles. The van der Waals surface area contributed by atoms with Crippen molar-refractivity contribution in [2.75, 3.05) is 32.8 Å². The van der Waals surface area contributed by atoms with Crippen LogP contribution in [0.25, 0.3) is 0 Å². The second-order valence-corrected chi connectivity index (χ2v) is 10.0. The molecule has 1 aromatic carbocycles. The Balaban J connectivity index is 2.08. The average Bonchev–Trinajstić information content (AvgIpc) is 3.08.